The van der Waals surface area contributed by atoms with Crippen LogP contribution in [0.15, 0.2) is 43.0 Å². The van der Waals surface area contributed by atoms with Gasteiger partial charge >= 0.3 is 0 Å². The lowest BCUT2D eigenvalue weighted by molar-refractivity contribution is -0.133. The Morgan fingerprint density at radius 1 is 1.50 bits per heavy atom. The fourth-order valence-electron chi connectivity index (χ4n) is 1.68. The molecule has 0 radical (unpaired) electrons. The number of rotatable bonds is 7. The third-order valence-electron chi connectivity index (χ3n) is 2.54. The number of hydrogen-bond acceptors (Lipinski definition) is 3. The van der Waals surface area contributed by atoms with Crippen LogP contribution in [0, 0.1) is 0 Å². The number of nitrogens with zero attached hydrogens (tertiary/aromatic N) is 1. The van der Waals surface area contributed by atoms with Gasteiger partial charge in [-0.05, 0) is 5.56 Å². The fourth-order valence-corrected chi connectivity index (χ4v) is 1.68. The maximum atomic E-state index is 12.1. The molecule has 1 aromatic carbocycles. The van der Waals surface area contributed by atoms with Crippen LogP contribution in [-0.4, -0.2) is 37.1 Å². The van der Waals surface area contributed by atoms with Gasteiger partial charge in [-0.15, -0.1) is 6.58 Å². The first kappa shape index (κ1) is 14.4. The lowest BCUT2D eigenvalue weighted by Gasteiger charge is -2.24. The molecule has 0 aromatic heterocycles. The van der Waals surface area contributed by atoms with E-state index in [2.05, 4.69) is 6.58 Å². The molecule has 0 fully saturated rings. The SMILES string of the molecule is C=CCN(Cc1ccccc1)C(=O)C(N)COC. The molecule has 0 aliphatic heterocycles. The molecule has 1 rings (SSSR count). The Bertz CT molecular complexity index is 379. The number of methoxy groups -OCH3 is 1. The highest BCUT2D eigenvalue weighted by atomic mass is 16.5. The average molecular weight is 248 g/mol. The molecule has 0 aliphatic rings. The van der Waals surface area contributed by atoms with Crippen molar-refractivity contribution in [3.05, 3.63) is 48.6 Å². The molecule has 0 heterocycles. The molecule has 1 amide bonds. The van der Waals surface area contributed by atoms with E-state index in [1.165, 1.54) is 7.11 Å². The predicted octanol–water partition coefficient (Wildman–Crippen LogP) is 1.17. The second-order valence-electron chi connectivity index (χ2n) is 4.05. The molecule has 98 valence electrons. The lowest BCUT2D eigenvalue weighted by Crippen LogP contribution is -2.45. The van der Waals surface area contributed by atoms with Gasteiger partial charge in [0.15, 0.2) is 0 Å². The van der Waals surface area contributed by atoms with Crippen LogP contribution in [0.2, 0.25) is 0 Å². The maximum Gasteiger partial charge on any atom is 0.242 e. The average Bonchev–Trinajstić information content (AvgIpc) is 2.39. The van der Waals surface area contributed by atoms with Crippen LogP contribution >= 0.6 is 0 Å². The van der Waals surface area contributed by atoms with Crippen molar-refractivity contribution >= 4 is 5.91 Å². The van der Waals surface area contributed by atoms with Gasteiger partial charge in [0.1, 0.15) is 6.04 Å². The summed E-state index contributed by atoms with van der Waals surface area (Å²) in [6.45, 7) is 4.90. The molecule has 1 aromatic rings. The molecule has 0 aliphatic carbocycles. The van der Waals surface area contributed by atoms with Crippen molar-refractivity contribution in [3.8, 4) is 0 Å². The molecule has 0 bridgehead atoms. The number of hydrogen-bond donors (Lipinski definition) is 1. The first-order valence-electron chi connectivity index (χ1n) is 5.87. The Kier molecular flexibility index (Phi) is 6.11. The van der Waals surface area contributed by atoms with E-state index in [9.17, 15) is 4.79 Å². The second-order valence-corrected chi connectivity index (χ2v) is 4.05. The van der Waals surface area contributed by atoms with E-state index in [-0.39, 0.29) is 12.5 Å². The van der Waals surface area contributed by atoms with E-state index in [4.69, 9.17) is 10.5 Å². The Hall–Kier alpha value is -1.65. The normalized spacial score (nSPS) is 11.9. The summed E-state index contributed by atoms with van der Waals surface area (Å²) in [7, 11) is 1.53. The van der Waals surface area contributed by atoms with Gasteiger partial charge in [-0.3, -0.25) is 4.79 Å². The quantitative estimate of drug-likeness (QED) is 0.737. The predicted molar refractivity (Wildman–Crippen MR) is 71.9 cm³/mol. The Morgan fingerprint density at radius 3 is 2.72 bits per heavy atom. The Labute approximate surface area is 108 Å². The van der Waals surface area contributed by atoms with E-state index >= 15 is 0 Å². The van der Waals surface area contributed by atoms with E-state index in [0.717, 1.165) is 5.56 Å². The summed E-state index contributed by atoms with van der Waals surface area (Å²) in [6, 6.07) is 9.16. The highest BCUT2D eigenvalue weighted by Gasteiger charge is 2.20. The van der Waals surface area contributed by atoms with Crippen LogP contribution in [0.3, 0.4) is 0 Å². The summed E-state index contributed by atoms with van der Waals surface area (Å²) in [5.74, 6) is -0.124. The van der Waals surface area contributed by atoms with Crippen LogP contribution in [-0.2, 0) is 16.1 Å². The minimum absolute atomic E-state index is 0.124. The zero-order chi connectivity index (χ0) is 13.4. The molecule has 4 heteroatoms. The Morgan fingerprint density at radius 2 is 2.17 bits per heavy atom. The number of nitrogens with two attached hydrogens (primary N) is 1. The lowest BCUT2D eigenvalue weighted by atomic mass is 10.2. The minimum Gasteiger partial charge on any atom is -0.383 e. The monoisotopic (exact) mass is 248 g/mol. The molecule has 0 saturated heterocycles. The highest BCUT2D eigenvalue weighted by molar-refractivity contribution is 5.81. The molecular weight excluding hydrogens is 228 g/mol. The van der Waals surface area contributed by atoms with Gasteiger partial charge < -0.3 is 15.4 Å². The molecule has 0 saturated carbocycles. The largest absolute Gasteiger partial charge is 0.383 e. The third kappa shape index (κ3) is 4.31. The summed E-state index contributed by atoms with van der Waals surface area (Å²) in [5, 5.41) is 0. The zero-order valence-electron chi connectivity index (χ0n) is 10.7. The van der Waals surface area contributed by atoms with Crippen molar-refractivity contribution in [2.45, 2.75) is 12.6 Å². The number of carbonyl (C=O) groups excluding carboxylic acids is 1. The maximum absolute atomic E-state index is 12.1. The number of carbonyl (C=O) groups is 1. The van der Waals surface area contributed by atoms with Crippen LogP contribution in [0.25, 0.3) is 0 Å². The minimum atomic E-state index is -0.626. The standard InChI is InChI=1S/C14H20N2O2/c1-3-9-16(14(17)13(15)11-18-2)10-12-7-5-4-6-8-12/h3-8,13H,1,9-11,15H2,2H3. The van der Waals surface area contributed by atoms with Gasteiger partial charge in [-0.25, -0.2) is 0 Å². The van der Waals surface area contributed by atoms with Crippen LogP contribution in [0.4, 0.5) is 0 Å². The van der Waals surface area contributed by atoms with Crippen LogP contribution < -0.4 is 5.73 Å². The first-order chi connectivity index (χ1) is 8.69. The third-order valence-corrected chi connectivity index (χ3v) is 2.54. The van der Waals surface area contributed by atoms with Gasteiger partial charge in [0.2, 0.25) is 5.91 Å². The van der Waals surface area contributed by atoms with Gasteiger partial charge in [0.25, 0.3) is 0 Å². The summed E-state index contributed by atoms with van der Waals surface area (Å²) < 4.78 is 4.90. The van der Waals surface area contributed by atoms with Crippen molar-refractivity contribution in [2.24, 2.45) is 5.73 Å². The zero-order valence-corrected chi connectivity index (χ0v) is 10.7. The first-order valence-corrected chi connectivity index (χ1v) is 5.87. The molecule has 2 N–H and O–H groups in total. The topological polar surface area (TPSA) is 55.6 Å². The number of benzene rings is 1. The van der Waals surface area contributed by atoms with Gasteiger partial charge in [0.05, 0.1) is 6.61 Å². The highest BCUT2D eigenvalue weighted by Crippen LogP contribution is 2.06. The van der Waals surface area contributed by atoms with Gasteiger partial charge in [-0.2, -0.15) is 0 Å². The molecule has 1 unspecified atom stereocenters. The van der Waals surface area contributed by atoms with Crippen LogP contribution in [0.5, 0.6) is 0 Å². The van der Waals surface area contributed by atoms with Crippen molar-refractivity contribution < 1.29 is 9.53 Å². The van der Waals surface area contributed by atoms with E-state index in [0.29, 0.717) is 13.1 Å². The van der Waals surface area contributed by atoms with E-state index < -0.39 is 6.04 Å². The molecular formula is C14H20N2O2. The molecule has 4 nitrogen and oxygen atoms in total. The summed E-state index contributed by atoms with van der Waals surface area (Å²) in [5.41, 5.74) is 6.83. The van der Waals surface area contributed by atoms with Crippen molar-refractivity contribution in [2.75, 3.05) is 20.3 Å². The fraction of sp³-hybridized carbons (Fsp3) is 0.357. The Balaban J connectivity index is 2.70. The number of amides is 1. The van der Waals surface area contributed by atoms with E-state index in [1.54, 1.807) is 11.0 Å². The van der Waals surface area contributed by atoms with Gasteiger partial charge in [0, 0.05) is 20.2 Å². The van der Waals surface area contributed by atoms with Crippen molar-refractivity contribution in [3.63, 3.8) is 0 Å². The summed E-state index contributed by atoms with van der Waals surface area (Å²) in [6.07, 6.45) is 1.69. The van der Waals surface area contributed by atoms with Crippen LogP contribution in [0.1, 0.15) is 5.56 Å². The molecule has 18 heavy (non-hydrogen) atoms. The summed E-state index contributed by atoms with van der Waals surface area (Å²) >= 11 is 0. The number of ether oxygens (including phenoxy) is 1. The summed E-state index contributed by atoms with van der Waals surface area (Å²) in [4.78, 5) is 13.8. The van der Waals surface area contributed by atoms with E-state index in [1.807, 2.05) is 30.3 Å². The second kappa shape index (κ2) is 7.63. The molecule has 0 spiro atoms. The van der Waals surface area contributed by atoms with Crippen molar-refractivity contribution in [1.82, 2.24) is 4.90 Å². The van der Waals surface area contributed by atoms with Crippen molar-refractivity contribution in [1.29, 1.82) is 0 Å². The van der Waals surface area contributed by atoms with Gasteiger partial charge in [-0.1, -0.05) is 36.4 Å². The smallest absolute Gasteiger partial charge is 0.242 e. The molecule has 1 atom stereocenters.